The highest BCUT2D eigenvalue weighted by atomic mass is 16.5. The summed E-state index contributed by atoms with van der Waals surface area (Å²) in [7, 11) is 0. The first-order valence-electron chi connectivity index (χ1n) is 7.62. The van der Waals surface area contributed by atoms with Gasteiger partial charge in [-0.15, -0.1) is 0 Å². The number of carbonyl (C=O) groups excluding carboxylic acids is 1. The van der Waals surface area contributed by atoms with Gasteiger partial charge in [-0.05, 0) is 32.1 Å². The number of hydrogen-bond acceptors (Lipinski definition) is 3. The lowest BCUT2D eigenvalue weighted by Crippen LogP contribution is -2.39. The molecule has 0 aliphatic heterocycles. The minimum absolute atomic E-state index is 0.0966. The van der Waals surface area contributed by atoms with Crippen LogP contribution in [-0.4, -0.2) is 48.2 Å². The number of rotatable bonds is 10. The molecule has 1 N–H and O–H groups in total. The van der Waals surface area contributed by atoms with Crippen molar-refractivity contribution < 1.29 is 19.4 Å². The summed E-state index contributed by atoms with van der Waals surface area (Å²) in [6.45, 7) is 5.75. The number of ether oxygens (including phenoxy) is 1. The molecule has 5 heteroatoms. The monoisotopic (exact) mass is 285 g/mol. The van der Waals surface area contributed by atoms with E-state index in [2.05, 4.69) is 0 Å². The zero-order valence-electron chi connectivity index (χ0n) is 12.6. The van der Waals surface area contributed by atoms with Gasteiger partial charge in [-0.25, -0.2) is 0 Å². The van der Waals surface area contributed by atoms with Crippen molar-refractivity contribution in [2.75, 3.05) is 26.3 Å². The third kappa shape index (κ3) is 5.90. The predicted molar refractivity (Wildman–Crippen MR) is 76.4 cm³/mol. The van der Waals surface area contributed by atoms with Crippen LogP contribution in [0.2, 0.25) is 0 Å². The lowest BCUT2D eigenvalue weighted by atomic mass is 9.82. The van der Waals surface area contributed by atoms with Gasteiger partial charge in [-0.2, -0.15) is 0 Å². The maximum absolute atomic E-state index is 12.3. The summed E-state index contributed by atoms with van der Waals surface area (Å²) >= 11 is 0. The van der Waals surface area contributed by atoms with Crippen LogP contribution in [0.25, 0.3) is 0 Å². The summed E-state index contributed by atoms with van der Waals surface area (Å²) in [5.41, 5.74) is 0. The molecule has 1 rings (SSSR count). The van der Waals surface area contributed by atoms with Crippen LogP contribution in [-0.2, 0) is 14.3 Å². The molecule has 1 aliphatic rings. The summed E-state index contributed by atoms with van der Waals surface area (Å²) in [4.78, 5) is 24.9. The highest BCUT2D eigenvalue weighted by molar-refractivity contribution is 5.77. The number of aliphatic carboxylic acids is 1. The smallest absolute Gasteiger partial charge is 0.308 e. The molecule has 0 bridgehead atoms. The quantitative estimate of drug-likeness (QED) is 0.625. The zero-order chi connectivity index (χ0) is 15.0. The van der Waals surface area contributed by atoms with Gasteiger partial charge in [0.2, 0.25) is 5.91 Å². The summed E-state index contributed by atoms with van der Waals surface area (Å²) in [6.07, 6.45) is 4.81. The molecule has 1 aliphatic carbocycles. The Balaban J connectivity index is 2.43. The van der Waals surface area contributed by atoms with E-state index in [9.17, 15) is 9.59 Å². The second-order valence-electron chi connectivity index (χ2n) is 5.63. The molecule has 0 aromatic rings. The van der Waals surface area contributed by atoms with Gasteiger partial charge in [0.05, 0.1) is 5.92 Å². The van der Waals surface area contributed by atoms with Gasteiger partial charge in [0.25, 0.3) is 0 Å². The van der Waals surface area contributed by atoms with E-state index in [4.69, 9.17) is 9.84 Å². The fourth-order valence-corrected chi connectivity index (χ4v) is 2.30. The van der Waals surface area contributed by atoms with Crippen molar-refractivity contribution in [1.82, 2.24) is 4.90 Å². The van der Waals surface area contributed by atoms with Crippen LogP contribution >= 0.6 is 0 Å². The van der Waals surface area contributed by atoms with Gasteiger partial charge in [-0.3, -0.25) is 9.59 Å². The Morgan fingerprint density at radius 1 is 1.40 bits per heavy atom. The largest absolute Gasteiger partial charge is 0.481 e. The first-order chi connectivity index (χ1) is 9.54. The predicted octanol–water partition coefficient (Wildman–Crippen LogP) is 2.15. The van der Waals surface area contributed by atoms with E-state index in [0.717, 1.165) is 19.3 Å². The number of carbonyl (C=O) groups is 2. The Kier molecular flexibility index (Phi) is 7.59. The SMILES string of the molecule is CCOCCCN(CC(C)C(=O)O)C(=O)CC1CCC1. The van der Waals surface area contributed by atoms with Crippen LogP contribution in [0.3, 0.4) is 0 Å². The van der Waals surface area contributed by atoms with Gasteiger partial charge < -0.3 is 14.7 Å². The Morgan fingerprint density at radius 2 is 2.10 bits per heavy atom. The molecule has 0 spiro atoms. The zero-order valence-corrected chi connectivity index (χ0v) is 12.6. The third-order valence-corrected chi connectivity index (χ3v) is 3.88. The molecule has 0 saturated heterocycles. The van der Waals surface area contributed by atoms with Crippen LogP contribution < -0.4 is 0 Å². The summed E-state index contributed by atoms with van der Waals surface area (Å²) < 4.78 is 5.28. The first-order valence-corrected chi connectivity index (χ1v) is 7.62. The fraction of sp³-hybridized carbons (Fsp3) is 0.867. The van der Waals surface area contributed by atoms with Crippen molar-refractivity contribution in [2.45, 2.75) is 46.0 Å². The van der Waals surface area contributed by atoms with Crippen molar-refractivity contribution in [3.63, 3.8) is 0 Å². The molecule has 1 fully saturated rings. The van der Waals surface area contributed by atoms with E-state index >= 15 is 0 Å². The summed E-state index contributed by atoms with van der Waals surface area (Å²) in [5.74, 6) is -0.764. The average molecular weight is 285 g/mol. The van der Waals surface area contributed by atoms with Crippen LogP contribution in [0.4, 0.5) is 0 Å². The van der Waals surface area contributed by atoms with Crippen LogP contribution in [0.5, 0.6) is 0 Å². The molecule has 1 atom stereocenters. The van der Waals surface area contributed by atoms with Crippen molar-refractivity contribution >= 4 is 11.9 Å². The van der Waals surface area contributed by atoms with Crippen molar-refractivity contribution in [1.29, 1.82) is 0 Å². The minimum Gasteiger partial charge on any atom is -0.481 e. The van der Waals surface area contributed by atoms with Crippen molar-refractivity contribution in [3.05, 3.63) is 0 Å². The van der Waals surface area contributed by atoms with E-state index in [-0.39, 0.29) is 5.91 Å². The number of nitrogens with zero attached hydrogens (tertiary/aromatic N) is 1. The average Bonchev–Trinajstić information content (AvgIpc) is 2.36. The minimum atomic E-state index is -0.851. The topological polar surface area (TPSA) is 66.8 Å². The second kappa shape index (κ2) is 8.95. The number of hydrogen-bond donors (Lipinski definition) is 1. The lowest BCUT2D eigenvalue weighted by molar-refractivity contribution is -0.143. The molecule has 1 saturated carbocycles. The van der Waals surface area contributed by atoms with Gasteiger partial charge in [0, 0.05) is 32.7 Å². The Labute approximate surface area is 121 Å². The van der Waals surface area contributed by atoms with Crippen molar-refractivity contribution in [2.24, 2.45) is 11.8 Å². The molecule has 20 heavy (non-hydrogen) atoms. The van der Waals surface area contributed by atoms with E-state index in [0.29, 0.717) is 38.6 Å². The second-order valence-corrected chi connectivity index (χ2v) is 5.63. The molecule has 0 heterocycles. The highest BCUT2D eigenvalue weighted by Crippen LogP contribution is 2.30. The summed E-state index contributed by atoms with van der Waals surface area (Å²) in [5, 5.41) is 9.00. The van der Waals surface area contributed by atoms with Crippen LogP contribution in [0.15, 0.2) is 0 Å². The molecule has 1 amide bonds. The molecule has 1 unspecified atom stereocenters. The molecule has 0 aromatic heterocycles. The molecule has 0 radical (unpaired) electrons. The third-order valence-electron chi connectivity index (χ3n) is 3.88. The number of carboxylic acid groups (broad SMARTS) is 1. The summed E-state index contributed by atoms with van der Waals surface area (Å²) in [6, 6.07) is 0. The van der Waals surface area contributed by atoms with Crippen molar-refractivity contribution in [3.8, 4) is 0 Å². The van der Waals surface area contributed by atoms with E-state index in [1.807, 2.05) is 6.92 Å². The van der Waals surface area contributed by atoms with Gasteiger partial charge in [0.15, 0.2) is 0 Å². The Hall–Kier alpha value is -1.10. The standard InChI is InChI=1S/C15H27NO4/c1-3-20-9-5-8-16(11-12(2)15(18)19)14(17)10-13-6-4-7-13/h12-13H,3-11H2,1-2H3,(H,18,19). The van der Waals surface area contributed by atoms with Gasteiger partial charge in [-0.1, -0.05) is 13.3 Å². The van der Waals surface area contributed by atoms with E-state index < -0.39 is 11.9 Å². The highest BCUT2D eigenvalue weighted by Gasteiger charge is 2.25. The maximum Gasteiger partial charge on any atom is 0.308 e. The maximum atomic E-state index is 12.3. The van der Waals surface area contributed by atoms with E-state index in [1.165, 1.54) is 6.42 Å². The molecular weight excluding hydrogens is 258 g/mol. The first kappa shape index (κ1) is 17.0. The normalized spacial score (nSPS) is 16.5. The molecule has 5 nitrogen and oxygen atoms in total. The van der Waals surface area contributed by atoms with Crippen LogP contribution in [0, 0.1) is 11.8 Å². The Bertz CT molecular complexity index is 315. The molecule has 0 aromatic carbocycles. The molecule has 116 valence electrons. The van der Waals surface area contributed by atoms with E-state index in [1.54, 1.807) is 11.8 Å². The van der Waals surface area contributed by atoms with Gasteiger partial charge in [0.1, 0.15) is 0 Å². The number of carboxylic acids is 1. The van der Waals surface area contributed by atoms with Crippen LogP contribution in [0.1, 0.15) is 46.0 Å². The number of amides is 1. The lowest BCUT2D eigenvalue weighted by Gasteiger charge is -2.30. The fourth-order valence-electron chi connectivity index (χ4n) is 2.30. The Morgan fingerprint density at radius 3 is 2.60 bits per heavy atom. The van der Waals surface area contributed by atoms with Gasteiger partial charge >= 0.3 is 5.97 Å². The molecular formula is C15H27NO4.